The highest BCUT2D eigenvalue weighted by Crippen LogP contribution is 2.25. The summed E-state index contributed by atoms with van der Waals surface area (Å²) in [7, 11) is 0. The highest BCUT2D eigenvalue weighted by Gasteiger charge is 2.33. The molecule has 4 rings (SSSR count). The van der Waals surface area contributed by atoms with Crippen molar-refractivity contribution in [2.75, 3.05) is 11.4 Å². The van der Waals surface area contributed by atoms with Gasteiger partial charge in [-0.15, -0.1) is 5.06 Å². The third-order valence-corrected chi connectivity index (χ3v) is 4.47. The normalized spacial score (nSPS) is 15.3. The van der Waals surface area contributed by atoms with Crippen LogP contribution in [0.5, 0.6) is 0 Å². The molecule has 0 atom stereocenters. The van der Waals surface area contributed by atoms with E-state index in [1.165, 1.54) is 0 Å². The van der Waals surface area contributed by atoms with Crippen molar-refractivity contribution in [2.24, 2.45) is 0 Å². The van der Waals surface area contributed by atoms with E-state index in [-0.39, 0.29) is 19.4 Å². The lowest BCUT2D eigenvalue weighted by atomic mass is 10.0. The van der Waals surface area contributed by atoms with Crippen molar-refractivity contribution in [2.45, 2.75) is 19.4 Å². The number of amides is 2. The standard InChI is InChI=1S/C21H16N2O4/c24-19-11-12-20(25)23(19)27-21(26)14-22-13-17-7-2-1-5-15(17)9-10-16-6-3-4-8-18(16)22/h1-8H,11-14H2. The zero-order chi connectivity index (χ0) is 18.8. The van der Waals surface area contributed by atoms with Gasteiger partial charge in [-0.1, -0.05) is 42.2 Å². The smallest absolute Gasteiger partial charge is 0.352 e. The van der Waals surface area contributed by atoms with E-state index in [4.69, 9.17) is 4.84 Å². The summed E-state index contributed by atoms with van der Waals surface area (Å²) in [6, 6.07) is 15.3. The Labute approximate surface area is 156 Å². The molecule has 0 aromatic heterocycles. The number of rotatable bonds is 3. The first kappa shape index (κ1) is 16.9. The lowest BCUT2D eigenvalue weighted by Crippen LogP contribution is -2.38. The molecule has 2 aromatic rings. The average Bonchev–Trinajstić information content (AvgIpc) is 2.97. The van der Waals surface area contributed by atoms with Gasteiger partial charge in [-0.2, -0.15) is 0 Å². The van der Waals surface area contributed by atoms with Gasteiger partial charge in [0.25, 0.3) is 11.8 Å². The van der Waals surface area contributed by atoms with E-state index in [9.17, 15) is 14.4 Å². The van der Waals surface area contributed by atoms with E-state index in [1.807, 2.05) is 53.4 Å². The molecular formula is C21H16N2O4. The molecule has 2 aromatic carbocycles. The maximum absolute atomic E-state index is 12.4. The van der Waals surface area contributed by atoms with E-state index in [0.29, 0.717) is 11.6 Å². The number of carbonyl (C=O) groups excluding carboxylic acids is 3. The van der Waals surface area contributed by atoms with Crippen LogP contribution in [-0.2, 0) is 25.8 Å². The summed E-state index contributed by atoms with van der Waals surface area (Å²) >= 11 is 0. The van der Waals surface area contributed by atoms with Gasteiger partial charge in [0.15, 0.2) is 0 Å². The monoisotopic (exact) mass is 360 g/mol. The number of hydrogen-bond donors (Lipinski definition) is 0. The Hall–Kier alpha value is -3.59. The van der Waals surface area contributed by atoms with Gasteiger partial charge in [0.05, 0.1) is 5.69 Å². The van der Waals surface area contributed by atoms with Gasteiger partial charge in [-0.25, -0.2) is 4.79 Å². The largest absolute Gasteiger partial charge is 0.355 e. The molecule has 2 heterocycles. The quantitative estimate of drug-likeness (QED) is 0.619. The van der Waals surface area contributed by atoms with E-state index in [0.717, 1.165) is 22.4 Å². The molecule has 6 nitrogen and oxygen atoms in total. The van der Waals surface area contributed by atoms with Crippen LogP contribution in [0.15, 0.2) is 48.5 Å². The van der Waals surface area contributed by atoms with Gasteiger partial charge in [0, 0.05) is 30.5 Å². The molecule has 6 heteroatoms. The van der Waals surface area contributed by atoms with Gasteiger partial charge < -0.3 is 9.74 Å². The number of hydroxylamine groups is 2. The maximum atomic E-state index is 12.4. The fourth-order valence-corrected chi connectivity index (χ4v) is 3.15. The molecule has 1 saturated heterocycles. The molecule has 0 saturated carbocycles. The third kappa shape index (κ3) is 3.40. The van der Waals surface area contributed by atoms with Gasteiger partial charge in [0.2, 0.25) is 0 Å². The van der Waals surface area contributed by atoms with Crippen LogP contribution < -0.4 is 4.90 Å². The second-order valence-corrected chi connectivity index (χ2v) is 6.33. The second-order valence-electron chi connectivity index (χ2n) is 6.33. The number of fused-ring (bicyclic) bond motifs is 2. The van der Waals surface area contributed by atoms with E-state index < -0.39 is 17.8 Å². The predicted octanol–water partition coefficient (Wildman–Crippen LogP) is 2.01. The minimum absolute atomic E-state index is 0.0711. The molecular weight excluding hydrogens is 344 g/mol. The summed E-state index contributed by atoms with van der Waals surface area (Å²) in [5, 5.41) is 0.575. The fraction of sp³-hybridized carbons (Fsp3) is 0.190. The molecule has 0 bridgehead atoms. The first-order valence-electron chi connectivity index (χ1n) is 8.62. The summed E-state index contributed by atoms with van der Waals surface area (Å²) in [6.07, 6.45) is 0.142. The van der Waals surface area contributed by atoms with Crippen LogP contribution in [0.25, 0.3) is 0 Å². The fourth-order valence-electron chi connectivity index (χ4n) is 3.15. The lowest BCUT2D eigenvalue weighted by molar-refractivity contribution is -0.196. The molecule has 0 radical (unpaired) electrons. The number of hydrogen-bond acceptors (Lipinski definition) is 5. The van der Waals surface area contributed by atoms with E-state index in [1.54, 1.807) is 0 Å². The van der Waals surface area contributed by atoms with Crippen molar-refractivity contribution < 1.29 is 19.2 Å². The van der Waals surface area contributed by atoms with Crippen LogP contribution in [-0.4, -0.2) is 29.4 Å². The zero-order valence-corrected chi connectivity index (χ0v) is 14.5. The van der Waals surface area contributed by atoms with Crippen LogP contribution in [0.2, 0.25) is 0 Å². The molecule has 2 aliphatic heterocycles. The zero-order valence-electron chi connectivity index (χ0n) is 14.5. The number of anilines is 1. The Morgan fingerprint density at radius 2 is 1.56 bits per heavy atom. The highest BCUT2D eigenvalue weighted by atomic mass is 16.7. The highest BCUT2D eigenvalue weighted by molar-refractivity contribution is 6.01. The van der Waals surface area contributed by atoms with Crippen molar-refractivity contribution in [1.82, 2.24) is 5.06 Å². The Bertz CT molecular complexity index is 986. The summed E-state index contributed by atoms with van der Waals surface area (Å²) in [5.74, 6) is 4.68. The van der Waals surface area contributed by atoms with Crippen molar-refractivity contribution in [1.29, 1.82) is 0 Å². The molecule has 0 N–H and O–H groups in total. The molecule has 0 aliphatic carbocycles. The second kappa shape index (κ2) is 6.96. The lowest BCUT2D eigenvalue weighted by Gasteiger charge is -2.27. The predicted molar refractivity (Wildman–Crippen MR) is 97.1 cm³/mol. The molecule has 27 heavy (non-hydrogen) atoms. The van der Waals surface area contributed by atoms with E-state index >= 15 is 0 Å². The summed E-state index contributed by atoms with van der Waals surface area (Å²) in [5.41, 5.74) is 3.49. The third-order valence-electron chi connectivity index (χ3n) is 4.47. The summed E-state index contributed by atoms with van der Waals surface area (Å²) < 4.78 is 0. The minimum Gasteiger partial charge on any atom is -0.355 e. The van der Waals surface area contributed by atoms with Gasteiger partial charge >= 0.3 is 5.97 Å². The SMILES string of the molecule is O=C(CN1Cc2ccccc2C#Cc2ccccc21)ON1C(=O)CCC1=O. The van der Waals surface area contributed by atoms with Crippen LogP contribution in [0.4, 0.5) is 5.69 Å². The van der Waals surface area contributed by atoms with E-state index in [2.05, 4.69) is 11.8 Å². The number of nitrogens with zero attached hydrogens (tertiary/aromatic N) is 2. The molecule has 0 unspecified atom stereocenters. The summed E-state index contributed by atoms with van der Waals surface area (Å²) in [6.45, 7) is 0.350. The van der Waals surface area contributed by atoms with Crippen LogP contribution in [0.1, 0.15) is 29.5 Å². The van der Waals surface area contributed by atoms with Crippen molar-refractivity contribution in [3.05, 3.63) is 65.2 Å². The summed E-state index contributed by atoms with van der Waals surface area (Å²) in [4.78, 5) is 42.6. The van der Waals surface area contributed by atoms with Crippen LogP contribution in [0.3, 0.4) is 0 Å². The minimum atomic E-state index is -0.667. The van der Waals surface area contributed by atoms with Crippen molar-refractivity contribution >= 4 is 23.5 Å². The number of imide groups is 1. The van der Waals surface area contributed by atoms with Crippen molar-refractivity contribution in [3.8, 4) is 11.8 Å². The molecule has 134 valence electrons. The van der Waals surface area contributed by atoms with Crippen LogP contribution >= 0.6 is 0 Å². The number of carbonyl (C=O) groups is 3. The Kier molecular flexibility index (Phi) is 4.35. The Morgan fingerprint density at radius 1 is 0.926 bits per heavy atom. The molecule has 2 amide bonds. The molecule has 1 fully saturated rings. The first-order valence-corrected chi connectivity index (χ1v) is 8.62. The first-order chi connectivity index (χ1) is 13.1. The number of benzene rings is 2. The topological polar surface area (TPSA) is 66.9 Å². The van der Waals surface area contributed by atoms with Gasteiger partial charge in [-0.3, -0.25) is 9.59 Å². The van der Waals surface area contributed by atoms with Gasteiger partial charge in [-0.05, 0) is 23.8 Å². The Morgan fingerprint density at radius 3 is 2.33 bits per heavy atom. The van der Waals surface area contributed by atoms with Gasteiger partial charge in [0.1, 0.15) is 6.54 Å². The van der Waals surface area contributed by atoms with Crippen molar-refractivity contribution in [3.63, 3.8) is 0 Å². The molecule has 0 spiro atoms. The average molecular weight is 360 g/mol. The van der Waals surface area contributed by atoms with Crippen LogP contribution in [0, 0.1) is 11.8 Å². The molecule has 2 aliphatic rings. The Balaban J connectivity index is 1.62. The maximum Gasteiger partial charge on any atom is 0.352 e. The number of para-hydroxylation sites is 1.